The zero-order chi connectivity index (χ0) is 20.1. The van der Waals surface area contributed by atoms with Crippen LogP contribution in [0.5, 0.6) is 0 Å². The molecule has 6 rings (SSSR count). The predicted molar refractivity (Wildman–Crippen MR) is 120 cm³/mol. The van der Waals surface area contributed by atoms with Crippen molar-refractivity contribution in [3.8, 4) is 5.69 Å². The molecule has 3 aromatic heterocycles. The summed E-state index contributed by atoms with van der Waals surface area (Å²) in [6, 6.07) is 9.86. The van der Waals surface area contributed by atoms with Crippen LogP contribution in [0.4, 0.5) is 0 Å². The fraction of sp³-hybridized carbons (Fsp3) is 0.364. The molecular weight excluding hydrogens is 435 g/mol. The van der Waals surface area contributed by atoms with E-state index in [0.29, 0.717) is 18.4 Å². The number of fused-ring (bicyclic) bond motifs is 4. The number of benzene rings is 1. The molecule has 9 heteroatoms. The van der Waals surface area contributed by atoms with Crippen molar-refractivity contribution in [1.29, 1.82) is 0 Å². The smallest absolute Gasteiger partial charge is 0.185 e. The van der Waals surface area contributed by atoms with Crippen molar-refractivity contribution < 1.29 is 4.52 Å². The summed E-state index contributed by atoms with van der Waals surface area (Å²) >= 11 is 6.24. The van der Waals surface area contributed by atoms with Crippen molar-refractivity contribution in [3.63, 3.8) is 0 Å². The lowest BCUT2D eigenvalue weighted by Crippen LogP contribution is -2.17. The second-order valence-corrected chi connectivity index (χ2v) is 8.59. The number of halogens is 2. The van der Waals surface area contributed by atoms with Crippen LogP contribution in [0.3, 0.4) is 0 Å². The summed E-state index contributed by atoms with van der Waals surface area (Å²) in [5.74, 6) is 2.76. The maximum atomic E-state index is 6.24. The average Bonchev–Trinajstić information content (AvgIpc) is 3.34. The Kier molecular flexibility index (Phi) is 5.42. The number of aromatic nitrogens is 5. The fourth-order valence-corrected chi connectivity index (χ4v) is 5.08. The van der Waals surface area contributed by atoms with Crippen LogP contribution in [-0.4, -0.2) is 24.9 Å². The molecule has 1 fully saturated rings. The van der Waals surface area contributed by atoms with Gasteiger partial charge in [0.25, 0.3) is 0 Å². The van der Waals surface area contributed by atoms with Gasteiger partial charge in [-0.05, 0) is 61.6 Å². The summed E-state index contributed by atoms with van der Waals surface area (Å²) < 4.78 is 7.72. The number of pyridine rings is 1. The van der Waals surface area contributed by atoms with Gasteiger partial charge in [0.2, 0.25) is 0 Å². The first kappa shape index (κ1) is 20.4. The maximum absolute atomic E-state index is 6.24. The first-order valence-electron chi connectivity index (χ1n) is 10.4. The quantitative estimate of drug-likeness (QED) is 0.460. The highest BCUT2D eigenvalue weighted by Crippen LogP contribution is 2.42. The summed E-state index contributed by atoms with van der Waals surface area (Å²) in [5.41, 5.74) is 4.96. The van der Waals surface area contributed by atoms with Gasteiger partial charge in [0.05, 0.1) is 12.2 Å². The van der Waals surface area contributed by atoms with Crippen molar-refractivity contribution in [3.05, 3.63) is 64.5 Å². The Bertz CT molecular complexity index is 1230. The molecule has 1 saturated carbocycles. The van der Waals surface area contributed by atoms with Gasteiger partial charge in [0.1, 0.15) is 17.0 Å². The second kappa shape index (κ2) is 8.22. The fourth-order valence-electron chi connectivity index (χ4n) is 4.89. The van der Waals surface area contributed by atoms with Crippen LogP contribution in [0.1, 0.15) is 60.4 Å². The molecule has 31 heavy (non-hydrogen) atoms. The van der Waals surface area contributed by atoms with E-state index in [1.54, 1.807) is 6.20 Å². The third-order valence-corrected chi connectivity index (χ3v) is 6.61. The first-order chi connectivity index (χ1) is 14.8. The highest BCUT2D eigenvalue weighted by Gasteiger charge is 2.31. The van der Waals surface area contributed by atoms with E-state index in [-0.39, 0.29) is 12.4 Å². The zero-order valence-corrected chi connectivity index (χ0v) is 18.4. The average molecular weight is 457 g/mol. The summed E-state index contributed by atoms with van der Waals surface area (Å²) in [6.45, 7) is 1.48. The predicted octanol–water partition coefficient (Wildman–Crippen LogP) is 4.92. The highest BCUT2D eigenvalue weighted by molar-refractivity contribution is 6.30. The van der Waals surface area contributed by atoms with Gasteiger partial charge in [-0.2, -0.15) is 0 Å². The number of rotatable bonds is 2. The standard InChI is InChI=1S/C22H21ClN6O.ClH/c23-16-7-8-17-15(10-16)11-24-12-19-26-27-22(29(17)19)14-5-3-13(4-6-14)20-21-18(30-28-20)2-1-9-25-21;/h1-2,7-10,13-14,24H,3-6,11-12H2;1H/t13-,14-;. The summed E-state index contributed by atoms with van der Waals surface area (Å²) in [4.78, 5) is 4.49. The van der Waals surface area contributed by atoms with Gasteiger partial charge in [0, 0.05) is 29.6 Å². The largest absolute Gasteiger partial charge is 0.354 e. The minimum absolute atomic E-state index is 0. The molecule has 0 radical (unpaired) electrons. The number of hydrogen-bond acceptors (Lipinski definition) is 6. The van der Waals surface area contributed by atoms with Crippen LogP contribution < -0.4 is 5.32 Å². The molecular formula is C22H22Cl2N6O. The van der Waals surface area contributed by atoms with Gasteiger partial charge in [-0.15, -0.1) is 22.6 Å². The van der Waals surface area contributed by atoms with E-state index < -0.39 is 0 Å². The molecule has 1 aliphatic heterocycles. The lowest BCUT2D eigenvalue weighted by molar-refractivity contribution is 0.360. The zero-order valence-electron chi connectivity index (χ0n) is 16.8. The van der Waals surface area contributed by atoms with Crippen molar-refractivity contribution >= 4 is 35.1 Å². The Morgan fingerprint density at radius 3 is 2.74 bits per heavy atom. The Morgan fingerprint density at radius 2 is 1.87 bits per heavy atom. The third-order valence-electron chi connectivity index (χ3n) is 6.37. The van der Waals surface area contributed by atoms with Crippen LogP contribution in [0.2, 0.25) is 5.02 Å². The van der Waals surface area contributed by atoms with Gasteiger partial charge >= 0.3 is 0 Å². The monoisotopic (exact) mass is 456 g/mol. The Morgan fingerprint density at radius 1 is 1.03 bits per heavy atom. The second-order valence-electron chi connectivity index (χ2n) is 8.15. The van der Waals surface area contributed by atoms with Gasteiger partial charge < -0.3 is 9.84 Å². The van der Waals surface area contributed by atoms with Crippen molar-refractivity contribution in [2.75, 3.05) is 0 Å². The molecule has 2 aliphatic rings. The van der Waals surface area contributed by atoms with Crippen molar-refractivity contribution in [1.82, 2.24) is 30.2 Å². The van der Waals surface area contributed by atoms with E-state index in [9.17, 15) is 0 Å². The number of nitrogens with one attached hydrogen (secondary N) is 1. The SMILES string of the molecule is Cl.Clc1ccc2c(c1)CNCc1nnc([C@H]3CC[C@H](c4noc5cccnc54)CC3)n1-2. The van der Waals surface area contributed by atoms with E-state index in [0.717, 1.165) is 71.4 Å². The van der Waals surface area contributed by atoms with Crippen LogP contribution in [0, 0.1) is 0 Å². The molecule has 0 unspecified atom stereocenters. The molecule has 7 nitrogen and oxygen atoms in total. The molecule has 0 bridgehead atoms. The summed E-state index contributed by atoms with van der Waals surface area (Å²) in [6.07, 6.45) is 5.96. The number of hydrogen-bond donors (Lipinski definition) is 1. The first-order valence-corrected chi connectivity index (χ1v) is 10.8. The van der Waals surface area contributed by atoms with E-state index >= 15 is 0 Å². The van der Waals surface area contributed by atoms with E-state index in [1.807, 2.05) is 24.3 Å². The summed E-state index contributed by atoms with van der Waals surface area (Å²) in [5, 5.41) is 17.6. The molecule has 4 aromatic rings. The number of nitrogens with zero attached hydrogens (tertiary/aromatic N) is 5. The molecule has 1 N–H and O–H groups in total. The molecule has 0 spiro atoms. The molecule has 0 atom stereocenters. The van der Waals surface area contributed by atoms with Gasteiger partial charge in [-0.3, -0.25) is 9.55 Å². The van der Waals surface area contributed by atoms with Gasteiger partial charge in [0.15, 0.2) is 11.4 Å². The lowest BCUT2D eigenvalue weighted by atomic mass is 9.80. The molecule has 1 aromatic carbocycles. The Balaban J connectivity index is 0.00000204. The van der Waals surface area contributed by atoms with E-state index in [1.165, 1.54) is 5.56 Å². The molecule has 0 saturated heterocycles. The van der Waals surface area contributed by atoms with Crippen LogP contribution in [0.25, 0.3) is 16.8 Å². The van der Waals surface area contributed by atoms with Crippen LogP contribution in [-0.2, 0) is 13.1 Å². The molecule has 160 valence electrons. The molecule has 4 heterocycles. The van der Waals surface area contributed by atoms with E-state index in [4.69, 9.17) is 16.1 Å². The van der Waals surface area contributed by atoms with Crippen LogP contribution in [0.15, 0.2) is 41.1 Å². The Hall–Kier alpha value is -2.48. The van der Waals surface area contributed by atoms with Crippen molar-refractivity contribution in [2.24, 2.45) is 0 Å². The normalized spacial score (nSPS) is 20.5. The van der Waals surface area contributed by atoms with Crippen molar-refractivity contribution in [2.45, 2.75) is 50.6 Å². The highest BCUT2D eigenvalue weighted by atomic mass is 35.5. The molecule has 1 aliphatic carbocycles. The summed E-state index contributed by atoms with van der Waals surface area (Å²) in [7, 11) is 0. The van der Waals surface area contributed by atoms with Gasteiger partial charge in [-0.25, -0.2) is 0 Å². The topological polar surface area (TPSA) is 81.7 Å². The third kappa shape index (κ3) is 3.50. The minimum Gasteiger partial charge on any atom is -0.354 e. The minimum atomic E-state index is 0. The molecule has 0 amide bonds. The Labute approximate surface area is 190 Å². The lowest BCUT2D eigenvalue weighted by Gasteiger charge is -2.27. The van der Waals surface area contributed by atoms with Crippen LogP contribution >= 0.6 is 24.0 Å². The van der Waals surface area contributed by atoms with Gasteiger partial charge in [-0.1, -0.05) is 16.8 Å². The maximum Gasteiger partial charge on any atom is 0.185 e. The van der Waals surface area contributed by atoms with E-state index in [2.05, 4.69) is 36.3 Å².